The number of aromatic nitrogens is 1. The third-order valence-electron chi connectivity index (χ3n) is 5.56. The first kappa shape index (κ1) is 21.7. The molecular weight excluding hydrogens is 418 g/mol. The average Bonchev–Trinajstić information content (AvgIpc) is 2.81. The predicted octanol–water partition coefficient (Wildman–Crippen LogP) is 1.11. The molecule has 1 aromatic carbocycles. The topological polar surface area (TPSA) is 95.1 Å². The zero-order valence-corrected chi connectivity index (χ0v) is 18.3. The number of ether oxygens (including phenoxy) is 1. The van der Waals surface area contributed by atoms with E-state index in [1.165, 1.54) is 28.6 Å². The first-order chi connectivity index (χ1) is 14.9. The maximum absolute atomic E-state index is 12.7. The molecule has 9 nitrogen and oxygen atoms in total. The molecule has 2 aliphatic heterocycles. The van der Waals surface area contributed by atoms with Gasteiger partial charge < -0.3 is 19.9 Å². The highest BCUT2D eigenvalue weighted by Gasteiger charge is 2.26. The van der Waals surface area contributed by atoms with Crippen molar-refractivity contribution in [3.8, 4) is 0 Å². The molecule has 3 heterocycles. The average molecular weight is 446 g/mol. The van der Waals surface area contributed by atoms with Crippen molar-refractivity contribution in [1.29, 1.82) is 0 Å². The van der Waals surface area contributed by atoms with Gasteiger partial charge in [-0.15, -0.1) is 0 Å². The van der Waals surface area contributed by atoms with E-state index in [1.54, 1.807) is 6.20 Å². The summed E-state index contributed by atoms with van der Waals surface area (Å²) in [5, 5.41) is 2.81. The molecule has 31 heavy (non-hydrogen) atoms. The molecule has 0 bridgehead atoms. The number of sulfonamides is 1. The maximum atomic E-state index is 12.7. The van der Waals surface area contributed by atoms with Gasteiger partial charge in [0.25, 0.3) is 5.91 Å². The molecule has 166 valence electrons. The number of piperazine rings is 1. The van der Waals surface area contributed by atoms with Gasteiger partial charge in [0.05, 0.1) is 30.0 Å². The van der Waals surface area contributed by atoms with Crippen LogP contribution in [0.1, 0.15) is 10.4 Å². The molecule has 1 N–H and O–H groups in total. The highest BCUT2D eigenvalue weighted by Crippen LogP contribution is 2.19. The molecule has 1 aromatic heterocycles. The Kier molecular flexibility index (Phi) is 6.51. The number of amides is 1. The lowest BCUT2D eigenvalue weighted by atomic mass is 10.2. The number of morpholine rings is 1. The molecule has 0 radical (unpaired) electrons. The van der Waals surface area contributed by atoms with Crippen molar-refractivity contribution in [1.82, 2.24) is 14.2 Å². The first-order valence-corrected chi connectivity index (χ1v) is 11.8. The second kappa shape index (κ2) is 9.31. The van der Waals surface area contributed by atoms with Gasteiger partial charge in [-0.2, -0.15) is 4.31 Å². The van der Waals surface area contributed by atoms with Gasteiger partial charge in [-0.3, -0.25) is 4.79 Å². The van der Waals surface area contributed by atoms with Crippen molar-refractivity contribution >= 4 is 27.4 Å². The van der Waals surface area contributed by atoms with E-state index >= 15 is 0 Å². The molecule has 4 rings (SSSR count). The largest absolute Gasteiger partial charge is 0.379 e. The van der Waals surface area contributed by atoms with Gasteiger partial charge in [-0.05, 0) is 43.4 Å². The van der Waals surface area contributed by atoms with Crippen molar-refractivity contribution in [3.63, 3.8) is 0 Å². The van der Waals surface area contributed by atoms with E-state index in [-0.39, 0.29) is 10.8 Å². The minimum Gasteiger partial charge on any atom is -0.379 e. The monoisotopic (exact) mass is 445 g/mol. The molecule has 0 aliphatic carbocycles. The van der Waals surface area contributed by atoms with Gasteiger partial charge in [0.1, 0.15) is 5.82 Å². The van der Waals surface area contributed by atoms with Crippen molar-refractivity contribution in [2.75, 3.05) is 69.7 Å². The predicted molar refractivity (Wildman–Crippen MR) is 118 cm³/mol. The third-order valence-corrected chi connectivity index (χ3v) is 7.47. The minimum absolute atomic E-state index is 0.171. The lowest BCUT2D eigenvalue weighted by Gasteiger charge is -2.33. The van der Waals surface area contributed by atoms with Crippen molar-refractivity contribution in [2.45, 2.75) is 4.90 Å². The highest BCUT2D eigenvalue weighted by molar-refractivity contribution is 7.89. The Labute approximate surface area is 182 Å². The number of carbonyl (C=O) groups excluding carboxylic acids is 1. The summed E-state index contributed by atoms with van der Waals surface area (Å²) in [5.41, 5.74) is 0.969. The number of anilines is 2. The quantitative estimate of drug-likeness (QED) is 0.737. The number of rotatable bonds is 5. The number of carbonyl (C=O) groups is 1. The molecule has 0 unspecified atom stereocenters. The number of hydrogen-bond acceptors (Lipinski definition) is 7. The minimum atomic E-state index is -3.58. The summed E-state index contributed by atoms with van der Waals surface area (Å²) in [4.78, 5) is 21.7. The van der Waals surface area contributed by atoms with Crippen LogP contribution in [0.25, 0.3) is 0 Å². The summed E-state index contributed by atoms with van der Waals surface area (Å²) in [6.45, 7) is 5.30. The van der Waals surface area contributed by atoms with Crippen LogP contribution in [-0.2, 0) is 14.8 Å². The number of likely N-dealkylation sites (N-methyl/N-ethyl adjacent to an activating group) is 1. The molecule has 0 atom stereocenters. The van der Waals surface area contributed by atoms with Gasteiger partial charge in [-0.1, -0.05) is 0 Å². The lowest BCUT2D eigenvalue weighted by molar-refractivity contribution is 0.0730. The molecular formula is C21H27N5O4S. The zero-order valence-electron chi connectivity index (χ0n) is 17.5. The van der Waals surface area contributed by atoms with Crippen molar-refractivity contribution in [2.24, 2.45) is 0 Å². The van der Waals surface area contributed by atoms with Crippen LogP contribution in [-0.4, -0.2) is 88.0 Å². The highest BCUT2D eigenvalue weighted by atomic mass is 32.2. The van der Waals surface area contributed by atoms with E-state index in [1.807, 2.05) is 12.1 Å². The fourth-order valence-corrected chi connectivity index (χ4v) is 5.01. The van der Waals surface area contributed by atoms with Crippen LogP contribution >= 0.6 is 0 Å². The number of benzene rings is 1. The van der Waals surface area contributed by atoms with Crippen LogP contribution < -0.4 is 10.2 Å². The van der Waals surface area contributed by atoms with Crippen LogP contribution in [0, 0.1) is 0 Å². The number of pyridine rings is 1. The molecule has 2 aromatic rings. The second-order valence-electron chi connectivity index (χ2n) is 7.69. The van der Waals surface area contributed by atoms with Crippen LogP contribution in [0.15, 0.2) is 47.5 Å². The molecule has 10 heteroatoms. The number of nitrogens with zero attached hydrogens (tertiary/aromatic N) is 4. The summed E-state index contributed by atoms with van der Waals surface area (Å²) in [6, 6.07) is 9.71. The maximum Gasteiger partial charge on any atom is 0.255 e. The van der Waals surface area contributed by atoms with E-state index < -0.39 is 10.0 Å². The molecule has 1 amide bonds. The van der Waals surface area contributed by atoms with Crippen LogP contribution in [0.3, 0.4) is 0 Å². The molecule has 2 aliphatic rings. The van der Waals surface area contributed by atoms with Crippen molar-refractivity contribution in [3.05, 3.63) is 48.2 Å². The van der Waals surface area contributed by atoms with E-state index in [0.717, 1.165) is 32.0 Å². The Morgan fingerprint density at radius 1 is 0.968 bits per heavy atom. The molecule has 2 fully saturated rings. The Morgan fingerprint density at radius 3 is 2.26 bits per heavy atom. The van der Waals surface area contributed by atoms with E-state index in [0.29, 0.717) is 37.6 Å². The van der Waals surface area contributed by atoms with Crippen LogP contribution in [0.5, 0.6) is 0 Å². The summed E-state index contributed by atoms with van der Waals surface area (Å²) in [7, 11) is -1.47. The second-order valence-corrected chi connectivity index (χ2v) is 9.63. The van der Waals surface area contributed by atoms with Crippen molar-refractivity contribution < 1.29 is 17.9 Å². The van der Waals surface area contributed by atoms with Gasteiger partial charge in [0.15, 0.2) is 0 Å². The summed E-state index contributed by atoms with van der Waals surface area (Å²) < 4.78 is 32.0. The lowest BCUT2D eigenvalue weighted by Crippen LogP contribution is -2.44. The molecule has 0 spiro atoms. The zero-order chi connectivity index (χ0) is 21.8. The van der Waals surface area contributed by atoms with Gasteiger partial charge in [0.2, 0.25) is 10.0 Å². The van der Waals surface area contributed by atoms with Crippen LogP contribution in [0.4, 0.5) is 11.5 Å². The smallest absolute Gasteiger partial charge is 0.255 e. The fraction of sp³-hybridized carbons (Fsp3) is 0.429. The SMILES string of the molecule is CN1CCN(c2ccc(NC(=O)c3ccc(S(=O)(=O)N4CCOCC4)cc3)cn2)CC1. The summed E-state index contributed by atoms with van der Waals surface area (Å²) in [5.74, 6) is 0.577. The Hall–Kier alpha value is -2.53. The Morgan fingerprint density at radius 2 is 1.65 bits per heavy atom. The standard InChI is InChI=1S/C21H27N5O4S/c1-24-8-10-25(11-9-24)20-7-4-18(16-22-20)23-21(27)17-2-5-19(6-3-17)31(28,29)26-12-14-30-15-13-26/h2-7,16H,8-15H2,1H3,(H,23,27). The third kappa shape index (κ3) is 5.04. The van der Waals surface area contributed by atoms with E-state index in [4.69, 9.17) is 4.74 Å². The number of hydrogen-bond donors (Lipinski definition) is 1. The van der Waals surface area contributed by atoms with Gasteiger partial charge in [0, 0.05) is 44.8 Å². The molecule has 0 saturated carbocycles. The number of nitrogens with one attached hydrogen (secondary N) is 1. The Bertz CT molecular complexity index is 997. The fourth-order valence-electron chi connectivity index (χ4n) is 3.60. The summed E-state index contributed by atoms with van der Waals surface area (Å²) in [6.07, 6.45) is 1.64. The van der Waals surface area contributed by atoms with Gasteiger partial charge >= 0.3 is 0 Å². The van der Waals surface area contributed by atoms with Gasteiger partial charge in [-0.25, -0.2) is 13.4 Å². The normalized spacial score (nSPS) is 18.7. The Balaban J connectivity index is 1.38. The van der Waals surface area contributed by atoms with Crippen LogP contribution in [0.2, 0.25) is 0 Å². The summed E-state index contributed by atoms with van der Waals surface area (Å²) >= 11 is 0. The molecule has 2 saturated heterocycles. The first-order valence-electron chi connectivity index (χ1n) is 10.3. The van der Waals surface area contributed by atoms with E-state index in [2.05, 4.69) is 27.1 Å². The van der Waals surface area contributed by atoms with E-state index in [9.17, 15) is 13.2 Å².